The molecule has 0 bridgehead atoms. The fourth-order valence-corrected chi connectivity index (χ4v) is 1.59. The van der Waals surface area contributed by atoms with E-state index in [1.165, 1.54) is 0 Å². The van der Waals surface area contributed by atoms with Gasteiger partial charge < -0.3 is 10.0 Å². The summed E-state index contributed by atoms with van der Waals surface area (Å²) in [4.78, 5) is 13.7. The lowest BCUT2D eigenvalue weighted by Crippen LogP contribution is -2.39. The summed E-state index contributed by atoms with van der Waals surface area (Å²) in [7, 11) is 0. The number of amides is 1. The lowest BCUT2D eigenvalue weighted by Gasteiger charge is -2.30. The molecule has 1 aliphatic heterocycles. The predicted octanol–water partition coefficient (Wildman–Crippen LogP) is 1.26. The molecule has 1 N–H and O–H groups in total. The summed E-state index contributed by atoms with van der Waals surface area (Å²) in [5.41, 5.74) is 0.00459. The van der Waals surface area contributed by atoms with Crippen molar-refractivity contribution in [1.82, 2.24) is 4.90 Å². The highest BCUT2D eigenvalue weighted by atomic mass is 16.3. The molecule has 14 heavy (non-hydrogen) atoms. The second-order valence-corrected chi connectivity index (χ2v) is 5.31. The van der Waals surface area contributed by atoms with Gasteiger partial charge in [-0.05, 0) is 11.8 Å². The van der Waals surface area contributed by atoms with Crippen LogP contribution in [0.15, 0.2) is 0 Å². The number of carbonyl (C=O) groups is 1. The molecule has 0 aromatic heterocycles. The molecule has 82 valence electrons. The Kier molecular flexibility index (Phi) is 3.20. The highest BCUT2D eigenvalue weighted by Gasteiger charge is 2.33. The molecule has 0 aromatic carbocycles. The maximum Gasteiger partial charge on any atom is 0.226 e. The molecular weight excluding hydrogens is 178 g/mol. The van der Waals surface area contributed by atoms with Gasteiger partial charge in [0.15, 0.2) is 0 Å². The Bertz CT molecular complexity index is 220. The van der Waals surface area contributed by atoms with Crippen LogP contribution in [0.2, 0.25) is 0 Å². The zero-order valence-corrected chi connectivity index (χ0v) is 9.58. The van der Waals surface area contributed by atoms with Crippen LogP contribution in [0.3, 0.4) is 0 Å². The van der Waals surface area contributed by atoms with E-state index in [9.17, 15) is 9.90 Å². The molecule has 1 saturated heterocycles. The second kappa shape index (κ2) is 3.89. The fraction of sp³-hybridized carbons (Fsp3) is 0.909. The van der Waals surface area contributed by atoms with Crippen LogP contribution >= 0.6 is 0 Å². The molecule has 3 nitrogen and oxygen atoms in total. The number of hydrogen-bond acceptors (Lipinski definition) is 2. The van der Waals surface area contributed by atoms with Gasteiger partial charge in [0, 0.05) is 19.0 Å². The molecule has 0 spiro atoms. The van der Waals surface area contributed by atoms with E-state index < -0.39 is 0 Å². The molecule has 1 rings (SSSR count). The van der Waals surface area contributed by atoms with E-state index in [1.807, 2.05) is 6.92 Å². The van der Waals surface area contributed by atoms with Crippen LogP contribution in [0.1, 0.15) is 34.1 Å². The van der Waals surface area contributed by atoms with Gasteiger partial charge in [-0.1, -0.05) is 27.7 Å². The van der Waals surface area contributed by atoms with Gasteiger partial charge in [0.25, 0.3) is 0 Å². The van der Waals surface area contributed by atoms with E-state index in [-0.39, 0.29) is 23.3 Å². The first-order valence-corrected chi connectivity index (χ1v) is 5.29. The molecule has 1 aliphatic rings. The van der Waals surface area contributed by atoms with Crippen molar-refractivity contribution in [2.75, 3.05) is 13.1 Å². The topological polar surface area (TPSA) is 40.5 Å². The normalized spacial score (nSPS) is 25.2. The maximum absolute atomic E-state index is 12.0. The lowest BCUT2D eigenvalue weighted by atomic mass is 9.81. The minimum Gasteiger partial charge on any atom is -0.391 e. The van der Waals surface area contributed by atoms with Crippen LogP contribution in [0, 0.1) is 11.3 Å². The minimum atomic E-state index is -0.314. The molecule has 0 aliphatic carbocycles. The number of hydrogen-bond donors (Lipinski definition) is 1. The van der Waals surface area contributed by atoms with Gasteiger partial charge in [-0.3, -0.25) is 4.79 Å². The average Bonchev–Trinajstić information content (AvgIpc) is 2.47. The van der Waals surface area contributed by atoms with Gasteiger partial charge in [-0.15, -0.1) is 0 Å². The average molecular weight is 199 g/mol. The smallest absolute Gasteiger partial charge is 0.226 e. The van der Waals surface area contributed by atoms with Crippen molar-refractivity contribution in [3.05, 3.63) is 0 Å². The van der Waals surface area contributed by atoms with Crippen molar-refractivity contribution in [1.29, 1.82) is 0 Å². The van der Waals surface area contributed by atoms with Crippen LogP contribution in [0.5, 0.6) is 0 Å². The summed E-state index contributed by atoms with van der Waals surface area (Å²) < 4.78 is 0. The molecule has 1 unspecified atom stereocenters. The quantitative estimate of drug-likeness (QED) is 0.690. The van der Waals surface area contributed by atoms with Gasteiger partial charge in [-0.25, -0.2) is 0 Å². The van der Waals surface area contributed by atoms with Gasteiger partial charge in [0.2, 0.25) is 5.91 Å². The Hall–Kier alpha value is -0.570. The maximum atomic E-state index is 12.0. The first-order valence-electron chi connectivity index (χ1n) is 5.29. The molecular formula is C11H21NO2. The number of rotatable bonds is 1. The zero-order valence-electron chi connectivity index (χ0n) is 9.58. The molecule has 2 atom stereocenters. The molecule has 1 amide bonds. The number of β-amino-alcohol motifs (C(OH)–C–C–N with tert-alkyl or cyclic N) is 1. The van der Waals surface area contributed by atoms with Crippen molar-refractivity contribution in [2.24, 2.45) is 11.3 Å². The predicted molar refractivity (Wildman–Crippen MR) is 55.8 cm³/mol. The third-order valence-electron chi connectivity index (χ3n) is 3.14. The summed E-state index contributed by atoms with van der Waals surface area (Å²) in [5.74, 6) is 0.196. The number of aliphatic hydroxyl groups excluding tert-OH is 1. The molecule has 0 saturated carbocycles. The largest absolute Gasteiger partial charge is 0.391 e. The number of likely N-dealkylation sites (tertiary alicyclic amines) is 1. The third-order valence-corrected chi connectivity index (χ3v) is 3.14. The molecule has 1 fully saturated rings. The van der Waals surface area contributed by atoms with E-state index in [1.54, 1.807) is 4.90 Å². The van der Waals surface area contributed by atoms with Gasteiger partial charge in [-0.2, -0.15) is 0 Å². The highest BCUT2D eigenvalue weighted by molar-refractivity contribution is 5.79. The fourth-order valence-electron chi connectivity index (χ4n) is 1.59. The van der Waals surface area contributed by atoms with Crippen LogP contribution < -0.4 is 0 Å². The van der Waals surface area contributed by atoms with Crippen LogP contribution in [-0.2, 0) is 4.79 Å². The van der Waals surface area contributed by atoms with Gasteiger partial charge in [0.1, 0.15) is 0 Å². The van der Waals surface area contributed by atoms with Crippen molar-refractivity contribution in [3.8, 4) is 0 Å². The van der Waals surface area contributed by atoms with E-state index in [0.717, 1.165) is 6.42 Å². The van der Waals surface area contributed by atoms with Gasteiger partial charge >= 0.3 is 0 Å². The lowest BCUT2D eigenvalue weighted by molar-refractivity contribution is -0.137. The van der Waals surface area contributed by atoms with E-state index in [2.05, 4.69) is 20.8 Å². The van der Waals surface area contributed by atoms with Crippen molar-refractivity contribution in [2.45, 2.75) is 40.2 Å². The SMILES string of the molecule is CC(C(=O)N1CC[C@H](O)C1)C(C)(C)C. The Labute approximate surface area is 86.1 Å². The number of aliphatic hydroxyl groups is 1. The summed E-state index contributed by atoms with van der Waals surface area (Å²) in [6, 6.07) is 0. The first kappa shape index (κ1) is 11.5. The minimum absolute atomic E-state index is 0.00459. The van der Waals surface area contributed by atoms with Crippen molar-refractivity contribution < 1.29 is 9.90 Å². The third kappa shape index (κ3) is 2.47. The molecule has 0 aromatic rings. The zero-order chi connectivity index (χ0) is 10.9. The van der Waals surface area contributed by atoms with Crippen LogP contribution in [-0.4, -0.2) is 35.1 Å². The Balaban J connectivity index is 2.57. The van der Waals surface area contributed by atoms with Crippen LogP contribution in [0.4, 0.5) is 0 Å². The monoisotopic (exact) mass is 199 g/mol. The standard InChI is InChI=1S/C11H21NO2/c1-8(11(2,3)4)10(14)12-6-5-9(13)7-12/h8-9,13H,5-7H2,1-4H3/t8?,9-/m0/s1. The summed E-state index contributed by atoms with van der Waals surface area (Å²) >= 11 is 0. The van der Waals surface area contributed by atoms with E-state index in [4.69, 9.17) is 0 Å². The van der Waals surface area contributed by atoms with Crippen molar-refractivity contribution in [3.63, 3.8) is 0 Å². The Morgan fingerprint density at radius 3 is 2.43 bits per heavy atom. The molecule has 0 radical (unpaired) electrons. The Morgan fingerprint density at radius 1 is 1.50 bits per heavy atom. The van der Waals surface area contributed by atoms with Crippen molar-refractivity contribution >= 4 is 5.91 Å². The summed E-state index contributed by atoms with van der Waals surface area (Å²) in [6.45, 7) is 9.40. The second-order valence-electron chi connectivity index (χ2n) is 5.31. The Morgan fingerprint density at radius 2 is 2.07 bits per heavy atom. The highest BCUT2D eigenvalue weighted by Crippen LogP contribution is 2.28. The van der Waals surface area contributed by atoms with Gasteiger partial charge in [0.05, 0.1) is 6.10 Å². The molecule has 1 heterocycles. The van der Waals surface area contributed by atoms with E-state index in [0.29, 0.717) is 13.1 Å². The van der Waals surface area contributed by atoms with Crippen LogP contribution in [0.25, 0.3) is 0 Å². The van der Waals surface area contributed by atoms with E-state index >= 15 is 0 Å². The number of carbonyl (C=O) groups excluding carboxylic acids is 1. The first-order chi connectivity index (χ1) is 6.32. The number of nitrogens with zero attached hydrogens (tertiary/aromatic N) is 1. The summed E-state index contributed by atoms with van der Waals surface area (Å²) in [6.07, 6.45) is 0.411. The summed E-state index contributed by atoms with van der Waals surface area (Å²) in [5, 5.41) is 9.34. The molecule has 3 heteroatoms.